The Labute approximate surface area is 372 Å². The number of fused-ring (bicyclic) bond motifs is 17. The second-order valence-corrected chi connectivity index (χ2v) is 18.3. The molecule has 64 heavy (non-hydrogen) atoms. The number of rotatable bonds is 4. The topological polar surface area (TPSA) is 16.4 Å². The van der Waals surface area contributed by atoms with Gasteiger partial charge in [-0.25, -0.2) is 0 Å². The molecule has 0 bridgehead atoms. The van der Waals surface area contributed by atoms with Crippen molar-refractivity contribution in [3.63, 3.8) is 0 Å². The zero-order valence-electron chi connectivity index (χ0n) is 35.6. The van der Waals surface area contributed by atoms with Gasteiger partial charge in [0.15, 0.2) is 0 Å². The maximum atomic E-state index is 6.53. The lowest BCUT2D eigenvalue weighted by molar-refractivity contribution is 0.661. The summed E-state index contributed by atoms with van der Waals surface area (Å²) in [7, 11) is 0. The summed E-state index contributed by atoms with van der Waals surface area (Å²) in [6.45, 7) is 4.79. The standard InChI is InChI=1S/C62H41NO/c1-61(2)51-24-10-5-22-46(51)48-23-15-29-57(60(48)61)63(56-28-14-9-18-42(56)40-30-33-58-49(35-40)50-34-38-16-3-4-17-39(38)36-59(50)64-58)41-31-32-47-45-21-8-13-27-54(45)62(55(47)37-41)52-25-11-6-19-43(52)44-20-7-12-26-53(44)62/h3-37H,1-2H3. The van der Waals surface area contributed by atoms with Crippen LogP contribution in [0.1, 0.15) is 47.2 Å². The van der Waals surface area contributed by atoms with Crippen LogP contribution >= 0.6 is 0 Å². The van der Waals surface area contributed by atoms with Crippen molar-refractivity contribution in [2.45, 2.75) is 24.7 Å². The lowest BCUT2D eigenvalue weighted by Gasteiger charge is -2.35. The van der Waals surface area contributed by atoms with Crippen molar-refractivity contribution in [3.8, 4) is 44.5 Å². The van der Waals surface area contributed by atoms with E-state index in [0.29, 0.717) is 0 Å². The van der Waals surface area contributed by atoms with Gasteiger partial charge < -0.3 is 9.32 Å². The molecular formula is C62H41NO. The maximum absolute atomic E-state index is 6.53. The van der Waals surface area contributed by atoms with Crippen molar-refractivity contribution in [1.29, 1.82) is 0 Å². The molecule has 0 radical (unpaired) electrons. The minimum absolute atomic E-state index is 0.245. The Hall–Kier alpha value is -7.94. The molecule has 10 aromatic carbocycles. The Balaban J connectivity index is 1.05. The van der Waals surface area contributed by atoms with Crippen LogP contribution in [0.2, 0.25) is 0 Å². The van der Waals surface area contributed by atoms with E-state index < -0.39 is 5.41 Å². The quantitative estimate of drug-likeness (QED) is 0.176. The SMILES string of the molecule is CC1(C)c2ccccc2-c2cccc(N(c3ccc4c(c3)C3(c5ccccc5-c5ccccc53)c3ccccc3-4)c3ccccc3-c3ccc4oc5cc6ccccc6cc5c4c3)c21. The van der Waals surface area contributed by atoms with Crippen LogP contribution in [0.5, 0.6) is 0 Å². The minimum Gasteiger partial charge on any atom is -0.456 e. The van der Waals surface area contributed by atoms with E-state index in [1.807, 2.05) is 0 Å². The molecule has 0 fully saturated rings. The summed E-state index contributed by atoms with van der Waals surface area (Å²) >= 11 is 0. The number of anilines is 3. The first-order chi connectivity index (χ1) is 31.5. The maximum Gasteiger partial charge on any atom is 0.136 e. The first-order valence-corrected chi connectivity index (χ1v) is 22.4. The second-order valence-electron chi connectivity index (χ2n) is 18.3. The van der Waals surface area contributed by atoms with Crippen LogP contribution in [-0.2, 0) is 10.8 Å². The van der Waals surface area contributed by atoms with Crippen molar-refractivity contribution in [3.05, 3.63) is 246 Å². The van der Waals surface area contributed by atoms with Crippen LogP contribution in [0.3, 0.4) is 0 Å². The Kier molecular flexibility index (Phi) is 7.13. The molecule has 2 heteroatoms. The Bertz CT molecular complexity index is 3730. The third kappa shape index (κ3) is 4.59. The fourth-order valence-corrected chi connectivity index (χ4v) is 12.2. The van der Waals surface area contributed by atoms with Gasteiger partial charge in [0, 0.05) is 27.4 Å². The lowest BCUT2D eigenvalue weighted by Crippen LogP contribution is -2.26. The molecule has 3 aliphatic rings. The van der Waals surface area contributed by atoms with Crippen LogP contribution in [0.25, 0.3) is 77.2 Å². The van der Waals surface area contributed by atoms with Gasteiger partial charge >= 0.3 is 0 Å². The van der Waals surface area contributed by atoms with Crippen LogP contribution in [0.15, 0.2) is 217 Å². The number of furan rings is 1. The summed E-state index contributed by atoms with van der Waals surface area (Å²) in [5, 5.41) is 4.64. The van der Waals surface area contributed by atoms with E-state index in [-0.39, 0.29) is 5.41 Å². The van der Waals surface area contributed by atoms with E-state index in [2.05, 4.69) is 231 Å². The van der Waals surface area contributed by atoms with Crippen molar-refractivity contribution in [2.24, 2.45) is 0 Å². The molecular weight excluding hydrogens is 775 g/mol. The first-order valence-electron chi connectivity index (χ1n) is 22.4. The first kappa shape index (κ1) is 35.6. The average Bonchev–Trinajstić information content (AvgIpc) is 4.02. The number of para-hydroxylation sites is 1. The van der Waals surface area contributed by atoms with Crippen LogP contribution < -0.4 is 4.90 Å². The van der Waals surface area contributed by atoms with Gasteiger partial charge in [0.25, 0.3) is 0 Å². The summed E-state index contributed by atoms with van der Waals surface area (Å²) in [4.78, 5) is 2.57. The molecule has 0 amide bonds. The molecule has 0 unspecified atom stereocenters. The minimum atomic E-state index is -0.466. The molecule has 1 aromatic heterocycles. The highest BCUT2D eigenvalue weighted by molar-refractivity contribution is 6.11. The van der Waals surface area contributed by atoms with Gasteiger partial charge in [-0.05, 0) is 132 Å². The summed E-state index contributed by atoms with van der Waals surface area (Å²) in [5.41, 5.74) is 22.7. The van der Waals surface area contributed by atoms with Crippen molar-refractivity contribution < 1.29 is 4.42 Å². The molecule has 300 valence electrons. The monoisotopic (exact) mass is 815 g/mol. The second kappa shape index (κ2) is 12.8. The summed E-state index contributed by atoms with van der Waals surface area (Å²) < 4.78 is 6.53. The highest BCUT2D eigenvalue weighted by atomic mass is 16.3. The predicted octanol–water partition coefficient (Wildman–Crippen LogP) is 16.5. The molecule has 11 aromatic rings. The number of nitrogens with zero attached hydrogens (tertiary/aromatic N) is 1. The Morgan fingerprint density at radius 2 is 0.875 bits per heavy atom. The number of benzene rings is 10. The summed E-state index contributed by atoms with van der Waals surface area (Å²) in [5.74, 6) is 0. The molecule has 0 saturated carbocycles. The zero-order valence-corrected chi connectivity index (χ0v) is 35.6. The summed E-state index contributed by atoms with van der Waals surface area (Å²) in [6, 6.07) is 79.1. The number of hydrogen-bond donors (Lipinski definition) is 0. The van der Waals surface area contributed by atoms with Crippen LogP contribution in [0.4, 0.5) is 17.1 Å². The van der Waals surface area contributed by atoms with Crippen LogP contribution in [0, 0.1) is 0 Å². The van der Waals surface area contributed by atoms with E-state index >= 15 is 0 Å². The van der Waals surface area contributed by atoms with Crippen molar-refractivity contribution >= 4 is 49.8 Å². The average molecular weight is 816 g/mol. The normalized spacial score (nSPS) is 14.3. The van der Waals surface area contributed by atoms with E-state index in [1.54, 1.807) is 0 Å². The van der Waals surface area contributed by atoms with Gasteiger partial charge in [-0.3, -0.25) is 0 Å². The van der Waals surface area contributed by atoms with Crippen molar-refractivity contribution in [2.75, 3.05) is 4.90 Å². The highest BCUT2D eigenvalue weighted by Gasteiger charge is 2.52. The molecule has 0 N–H and O–H groups in total. The zero-order chi connectivity index (χ0) is 42.3. The molecule has 3 aliphatic carbocycles. The van der Waals surface area contributed by atoms with Gasteiger partial charge in [0.1, 0.15) is 11.2 Å². The van der Waals surface area contributed by atoms with E-state index in [0.717, 1.165) is 44.4 Å². The smallest absolute Gasteiger partial charge is 0.136 e. The molecule has 0 saturated heterocycles. The van der Waals surface area contributed by atoms with Crippen molar-refractivity contribution in [1.82, 2.24) is 0 Å². The fraction of sp³-hybridized carbons (Fsp3) is 0.0645. The van der Waals surface area contributed by atoms with E-state index in [4.69, 9.17) is 4.42 Å². The van der Waals surface area contributed by atoms with Gasteiger partial charge in [0.05, 0.1) is 16.8 Å². The third-order valence-corrected chi connectivity index (χ3v) is 14.8. The van der Waals surface area contributed by atoms with Gasteiger partial charge in [-0.1, -0.05) is 178 Å². The predicted molar refractivity (Wildman–Crippen MR) is 265 cm³/mol. The highest BCUT2D eigenvalue weighted by Crippen LogP contribution is 2.64. The number of hydrogen-bond acceptors (Lipinski definition) is 2. The Morgan fingerprint density at radius 1 is 0.359 bits per heavy atom. The van der Waals surface area contributed by atoms with Gasteiger partial charge in [-0.2, -0.15) is 0 Å². The molecule has 1 spiro atoms. The fourth-order valence-electron chi connectivity index (χ4n) is 12.2. The molecule has 0 aliphatic heterocycles. The van der Waals surface area contributed by atoms with Gasteiger partial charge in [-0.15, -0.1) is 0 Å². The molecule has 2 nitrogen and oxygen atoms in total. The van der Waals surface area contributed by atoms with E-state index in [1.165, 1.54) is 83.2 Å². The van der Waals surface area contributed by atoms with Crippen LogP contribution in [-0.4, -0.2) is 0 Å². The molecule has 0 atom stereocenters. The van der Waals surface area contributed by atoms with Gasteiger partial charge in [0.2, 0.25) is 0 Å². The Morgan fingerprint density at radius 3 is 1.56 bits per heavy atom. The largest absolute Gasteiger partial charge is 0.456 e. The van der Waals surface area contributed by atoms with E-state index in [9.17, 15) is 0 Å². The lowest BCUT2D eigenvalue weighted by atomic mass is 9.70. The summed E-state index contributed by atoms with van der Waals surface area (Å²) in [6.07, 6.45) is 0. The molecule has 1 heterocycles. The molecule has 14 rings (SSSR count). The third-order valence-electron chi connectivity index (χ3n) is 14.8.